The molecule has 1 amide bonds. The molecule has 0 spiro atoms. The highest BCUT2D eigenvalue weighted by molar-refractivity contribution is 7.99. The number of para-hydroxylation sites is 1. The van der Waals surface area contributed by atoms with Gasteiger partial charge in [-0.3, -0.25) is 4.79 Å². The summed E-state index contributed by atoms with van der Waals surface area (Å²) in [5.41, 5.74) is 4.06. The van der Waals surface area contributed by atoms with Gasteiger partial charge in [0.2, 0.25) is 11.1 Å². The van der Waals surface area contributed by atoms with E-state index >= 15 is 0 Å². The Kier molecular flexibility index (Phi) is 6.24. The Morgan fingerprint density at radius 3 is 2.67 bits per heavy atom. The third kappa shape index (κ3) is 4.74. The van der Waals surface area contributed by atoms with E-state index < -0.39 is 0 Å². The molecule has 3 rings (SSSR count). The summed E-state index contributed by atoms with van der Waals surface area (Å²) in [5.74, 6) is 0.554. The van der Waals surface area contributed by atoms with Crippen LogP contribution in [-0.2, 0) is 4.79 Å². The summed E-state index contributed by atoms with van der Waals surface area (Å²) in [6.45, 7) is 6.33. The highest BCUT2D eigenvalue weighted by atomic mass is 32.2. The third-order valence-corrected chi connectivity index (χ3v) is 5.35. The molecule has 0 aliphatic heterocycles. The van der Waals surface area contributed by atoms with Crippen LogP contribution in [0.25, 0.3) is 5.69 Å². The van der Waals surface area contributed by atoms with Crippen molar-refractivity contribution in [3.05, 3.63) is 59.7 Å². The van der Waals surface area contributed by atoms with E-state index in [0.717, 1.165) is 23.4 Å². The molecular weight excluding hydrogens is 358 g/mol. The van der Waals surface area contributed by atoms with E-state index in [9.17, 15) is 4.79 Å². The number of aryl methyl sites for hydroxylation is 1. The lowest BCUT2D eigenvalue weighted by Crippen LogP contribution is -2.16. The smallest absolute Gasteiger partial charge is 0.234 e. The summed E-state index contributed by atoms with van der Waals surface area (Å²) in [5, 5.41) is 15.4. The lowest BCUT2D eigenvalue weighted by Gasteiger charge is -2.15. The Morgan fingerprint density at radius 1 is 1.19 bits per heavy atom. The van der Waals surface area contributed by atoms with Gasteiger partial charge in [0.15, 0.2) is 0 Å². The molecular formula is C20H23N5OS. The molecule has 3 aromatic rings. The van der Waals surface area contributed by atoms with E-state index in [1.807, 2.05) is 49.4 Å². The Bertz CT molecular complexity index is 907. The summed E-state index contributed by atoms with van der Waals surface area (Å²) < 4.78 is 1.64. The number of nitrogens with one attached hydrogen (secondary N) is 1. The zero-order valence-corrected chi connectivity index (χ0v) is 16.5. The predicted molar refractivity (Wildman–Crippen MR) is 108 cm³/mol. The fourth-order valence-corrected chi connectivity index (χ4v) is 3.38. The number of thioether (sulfide) groups is 1. The zero-order valence-electron chi connectivity index (χ0n) is 15.7. The summed E-state index contributed by atoms with van der Waals surface area (Å²) in [7, 11) is 0. The Hall–Kier alpha value is -2.67. The van der Waals surface area contributed by atoms with Gasteiger partial charge < -0.3 is 5.32 Å². The highest BCUT2D eigenvalue weighted by Gasteiger charge is 2.14. The number of amides is 1. The minimum absolute atomic E-state index is 0.0748. The van der Waals surface area contributed by atoms with Crippen LogP contribution < -0.4 is 5.32 Å². The van der Waals surface area contributed by atoms with Gasteiger partial charge in [0.25, 0.3) is 0 Å². The molecule has 1 aromatic heterocycles. The van der Waals surface area contributed by atoms with Crippen molar-refractivity contribution in [1.82, 2.24) is 20.2 Å². The van der Waals surface area contributed by atoms with Crippen molar-refractivity contribution in [1.29, 1.82) is 0 Å². The molecule has 1 N–H and O–H groups in total. The average Bonchev–Trinajstić information content (AvgIpc) is 3.15. The van der Waals surface area contributed by atoms with Gasteiger partial charge >= 0.3 is 0 Å². The SMILES string of the molecule is CC[C@@H](C)c1ccccc1NC(=O)CSc1nnnn1-c1ccc(C)cc1. The number of aromatic nitrogens is 4. The van der Waals surface area contributed by atoms with Gasteiger partial charge in [0.1, 0.15) is 0 Å². The molecule has 1 heterocycles. The zero-order chi connectivity index (χ0) is 19.2. The first-order valence-corrected chi connectivity index (χ1v) is 9.94. The molecule has 7 heteroatoms. The van der Waals surface area contributed by atoms with Crippen LogP contribution in [0, 0.1) is 6.92 Å². The number of tetrazole rings is 1. The van der Waals surface area contributed by atoms with E-state index in [1.165, 1.54) is 17.3 Å². The van der Waals surface area contributed by atoms with E-state index in [4.69, 9.17) is 0 Å². The van der Waals surface area contributed by atoms with Crippen LogP contribution in [-0.4, -0.2) is 31.9 Å². The summed E-state index contributed by atoms with van der Waals surface area (Å²) in [6, 6.07) is 15.9. The van der Waals surface area contributed by atoms with Gasteiger partial charge in [-0.25, -0.2) is 0 Å². The standard InChI is InChI=1S/C20H23N5OS/c1-4-15(3)17-7-5-6-8-18(17)21-19(26)13-27-20-22-23-24-25(20)16-11-9-14(2)10-12-16/h5-12,15H,4,13H2,1-3H3,(H,21,26)/t15-/m1/s1. The first-order chi connectivity index (χ1) is 13.1. The van der Waals surface area contributed by atoms with Crippen molar-refractivity contribution >= 4 is 23.4 Å². The number of anilines is 1. The second-order valence-electron chi connectivity index (χ2n) is 6.44. The van der Waals surface area contributed by atoms with E-state index in [2.05, 4.69) is 40.8 Å². The van der Waals surface area contributed by atoms with Crippen molar-refractivity contribution in [2.24, 2.45) is 0 Å². The van der Waals surface area contributed by atoms with Crippen molar-refractivity contribution in [2.45, 2.75) is 38.3 Å². The lowest BCUT2D eigenvalue weighted by atomic mass is 9.97. The third-order valence-electron chi connectivity index (χ3n) is 4.43. The minimum atomic E-state index is -0.0748. The molecule has 27 heavy (non-hydrogen) atoms. The van der Waals surface area contributed by atoms with Crippen LogP contribution in [0.4, 0.5) is 5.69 Å². The monoisotopic (exact) mass is 381 g/mol. The second kappa shape index (κ2) is 8.81. The van der Waals surface area contributed by atoms with E-state index in [-0.39, 0.29) is 11.7 Å². The van der Waals surface area contributed by atoms with Crippen LogP contribution in [0.5, 0.6) is 0 Å². The molecule has 0 aliphatic rings. The molecule has 140 valence electrons. The number of hydrogen-bond acceptors (Lipinski definition) is 5. The summed E-state index contributed by atoms with van der Waals surface area (Å²) in [4.78, 5) is 12.5. The first kappa shape index (κ1) is 19.1. The normalized spacial score (nSPS) is 12.0. The van der Waals surface area contributed by atoms with E-state index in [0.29, 0.717) is 11.1 Å². The fourth-order valence-electron chi connectivity index (χ4n) is 2.69. The van der Waals surface area contributed by atoms with E-state index in [1.54, 1.807) is 4.68 Å². The predicted octanol–water partition coefficient (Wildman–Crippen LogP) is 4.22. The van der Waals surface area contributed by atoms with Crippen molar-refractivity contribution in [3.8, 4) is 5.69 Å². The molecule has 1 atom stereocenters. The molecule has 0 aliphatic carbocycles. The van der Waals surface area contributed by atoms with Crippen molar-refractivity contribution in [3.63, 3.8) is 0 Å². The molecule has 0 saturated heterocycles. The second-order valence-corrected chi connectivity index (χ2v) is 7.38. The summed E-state index contributed by atoms with van der Waals surface area (Å²) in [6.07, 6.45) is 1.02. The first-order valence-electron chi connectivity index (χ1n) is 8.95. The fraction of sp³-hybridized carbons (Fsp3) is 0.300. The number of carbonyl (C=O) groups excluding carboxylic acids is 1. The van der Waals surface area contributed by atoms with Crippen molar-refractivity contribution < 1.29 is 4.79 Å². The van der Waals surface area contributed by atoms with Gasteiger partial charge in [-0.15, -0.1) is 5.10 Å². The number of carbonyl (C=O) groups is 1. The van der Waals surface area contributed by atoms with Gasteiger partial charge in [-0.1, -0.05) is 61.5 Å². The van der Waals surface area contributed by atoms with Crippen molar-refractivity contribution in [2.75, 3.05) is 11.1 Å². The maximum Gasteiger partial charge on any atom is 0.234 e. The van der Waals surface area contributed by atoms with Gasteiger partial charge in [0, 0.05) is 5.69 Å². The van der Waals surface area contributed by atoms with Gasteiger partial charge in [-0.05, 0) is 53.5 Å². The Balaban J connectivity index is 1.66. The number of benzene rings is 2. The topological polar surface area (TPSA) is 72.7 Å². The maximum atomic E-state index is 12.5. The maximum absolute atomic E-state index is 12.5. The molecule has 0 bridgehead atoms. The van der Waals surface area contributed by atoms with Crippen LogP contribution in [0.1, 0.15) is 37.3 Å². The summed E-state index contributed by atoms with van der Waals surface area (Å²) >= 11 is 1.31. The number of nitrogens with zero attached hydrogens (tertiary/aromatic N) is 4. The Morgan fingerprint density at radius 2 is 1.93 bits per heavy atom. The van der Waals surface area contributed by atoms with Crippen LogP contribution >= 0.6 is 11.8 Å². The number of hydrogen-bond donors (Lipinski definition) is 1. The van der Waals surface area contributed by atoms with Gasteiger partial charge in [0.05, 0.1) is 11.4 Å². The van der Waals surface area contributed by atoms with Crippen LogP contribution in [0.3, 0.4) is 0 Å². The number of rotatable bonds is 7. The van der Waals surface area contributed by atoms with Crippen LogP contribution in [0.2, 0.25) is 0 Å². The minimum Gasteiger partial charge on any atom is -0.325 e. The molecule has 0 radical (unpaired) electrons. The molecule has 2 aromatic carbocycles. The average molecular weight is 382 g/mol. The molecule has 0 unspecified atom stereocenters. The van der Waals surface area contributed by atoms with Gasteiger partial charge in [-0.2, -0.15) is 4.68 Å². The largest absolute Gasteiger partial charge is 0.325 e. The lowest BCUT2D eigenvalue weighted by molar-refractivity contribution is -0.113. The Labute approximate surface area is 163 Å². The highest BCUT2D eigenvalue weighted by Crippen LogP contribution is 2.27. The van der Waals surface area contributed by atoms with Crippen LogP contribution in [0.15, 0.2) is 53.7 Å². The molecule has 0 fully saturated rings. The molecule has 6 nitrogen and oxygen atoms in total. The quantitative estimate of drug-likeness (QED) is 0.621. The molecule has 0 saturated carbocycles.